The van der Waals surface area contributed by atoms with Crippen molar-refractivity contribution >= 4 is 28.4 Å². The van der Waals surface area contributed by atoms with E-state index in [1.807, 2.05) is 18.3 Å². The van der Waals surface area contributed by atoms with E-state index in [0.717, 1.165) is 60.5 Å². The molecule has 0 atom stereocenters. The van der Waals surface area contributed by atoms with E-state index in [0.29, 0.717) is 11.8 Å². The molecule has 1 fully saturated rings. The van der Waals surface area contributed by atoms with Crippen molar-refractivity contribution in [2.75, 3.05) is 30.9 Å². The van der Waals surface area contributed by atoms with Crippen LogP contribution in [0.3, 0.4) is 0 Å². The summed E-state index contributed by atoms with van der Waals surface area (Å²) in [5.74, 6) is 2.75. The molecule has 7 heteroatoms. The SMILES string of the molecule is CSc1ccc(-c2ccc(OCC3CCN(c4nc(C(C)C)ns4)CC3)cn2)cc1. The summed E-state index contributed by atoms with van der Waals surface area (Å²) in [6.45, 7) is 7.05. The van der Waals surface area contributed by atoms with Crippen LogP contribution in [0.1, 0.15) is 38.4 Å². The molecule has 5 nitrogen and oxygen atoms in total. The number of aromatic nitrogens is 3. The highest BCUT2D eigenvalue weighted by Gasteiger charge is 2.22. The summed E-state index contributed by atoms with van der Waals surface area (Å²) in [5, 5.41) is 1.06. The Morgan fingerprint density at radius 1 is 1.13 bits per heavy atom. The molecule has 1 aliphatic heterocycles. The Balaban J connectivity index is 1.26. The van der Waals surface area contributed by atoms with Crippen molar-refractivity contribution in [2.45, 2.75) is 37.5 Å². The number of ether oxygens (including phenoxy) is 1. The van der Waals surface area contributed by atoms with Crippen molar-refractivity contribution in [1.29, 1.82) is 0 Å². The van der Waals surface area contributed by atoms with Crippen molar-refractivity contribution in [3.05, 3.63) is 48.4 Å². The van der Waals surface area contributed by atoms with Gasteiger partial charge in [0.15, 0.2) is 0 Å². The smallest absolute Gasteiger partial charge is 0.205 e. The van der Waals surface area contributed by atoms with E-state index in [-0.39, 0.29) is 0 Å². The molecule has 30 heavy (non-hydrogen) atoms. The predicted octanol–water partition coefficient (Wildman–Crippen LogP) is 5.74. The minimum atomic E-state index is 0.385. The first-order chi connectivity index (χ1) is 14.6. The molecular weight excluding hydrogens is 412 g/mol. The zero-order chi connectivity index (χ0) is 20.9. The van der Waals surface area contributed by atoms with Crippen LogP contribution in [0.15, 0.2) is 47.5 Å². The summed E-state index contributed by atoms with van der Waals surface area (Å²) in [6, 6.07) is 12.5. The standard InChI is InChI=1S/C23H28N4OS2/c1-16(2)22-25-23(30-26-22)27-12-10-17(11-13-27)15-28-19-6-9-21(24-14-19)18-4-7-20(29-3)8-5-18/h4-9,14,16-17H,10-13,15H2,1-3H3. The summed E-state index contributed by atoms with van der Waals surface area (Å²) >= 11 is 3.27. The summed E-state index contributed by atoms with van der Waals surface area (Å²) in [4.78, 5) is 12.9. The van der Waals surface area contributed by atoms with Gasteiger partial charge in [-0.25, -0.2) is 4.98 Å². The maximum Gasteiger partial charge on any atom is 0.205 e. The topological polar surface area (TPSA) is 51.1 Å². The van der Waals surface area contributed by atoms with E-state index >= 15 is 0 Å². The van der Waals surface area contributed by atoms with Gasteiger partial charge in [-0.1, -0.05) is 26.0 Å². The predicted molar refractivity (Wildman–Crippen MR) is 126 cm³/mol. The van der Waals surface area contributed by atoms with Gasteiger partial charge in [0.05, 0.1) is 18.5 Å². The number of anilines is 1. The van der Waals surface area contributed by atoms with Crippen LogP contribution >= 0.6 is 23.3 Å². The minimum Gasteiger partial charge on any atom is -0.492 e. The van der Waals surface area contributed by atoms with Crippen LogP contribution in [0, 0.1) is 5.92 Å². The van der Waals surface area contributed by atoms with Crippen molar-refractivity contribution in [1.82, 2.24) is 14.3 Å². The third-order valence-corrected chi connectivity index (χ3v) is 6.97. The molecule has 1 saturated heterocycles. The van der Waals surface area contributed by atoms with Crippen LogP contribution in [0.4, 0.5) is 5.13 Å². The molecule has 3 aromatic rings. The summed E-state index contributed by atoms with van der Waals surface area (Å²) in [6.07, 6.45) is 6.15. The van der Waals surface area contributed by atoms with E-state index in [1.54, 1.807) is 11.8 Å². The number of piperidine rings is 1. The maximum absolute atomic E-state index is 6.04. The molecule has 1 aliphatic rings. The van der Waals surface area contributed by atoms with E-state index < -0.39 is 0 Å². The third kappa shape index (κ3) is 5.13. The highest BCUT2D eigenvalue weighted by molar-refractivity contribution is 7.98. The van der Waals surface area contributed by atoms with Crippen molar-refractivity contribution < 1.29 is 4.74 Å². The lowest BCUT2D eigenvalue weighted by Gasteiger charge is -2.31. The van der Waals surface area contributed by atoms with E-state index in [9.17, 15) is 0 Å². The van der Waals surface area contributed by atoms with Gasteiger partial charge in [0.2, 0.25) is 5.13 Å². The number of hydrogen-bond acceptors (Lipinski definition) is 7. The number of nitrogens with zero attached hydrogens (tertiary/aromatic N) is 4. The summed E-state index contributed by atoms with van der Waals surface area (Å²) < 4.78 is 10.5. The molecule has 158 valence electrons. The van der Waals surface area contributed by atoms with Gasteiger partial charge in [-0.2, -0.15) is 4.37 Å². The van der Waals surface area contributed by atoms with Crippen LogP contribution in [-0.4, -0.2) is 40.3 Å². The lowest BCUT2D eigenvalue weighted by molar-refractivity contribution is 0.222. The maximum atomic E-state index is 6.04. The van der Waals surface area contributed by atoms with Gasteiger partial charge in [0.1, 0.15) is 11.6 Å². The Bertz CT molecular complexity index is 933. The molecule has 0 aliphatic carbocycles. The lowest BCUT2D eigenvalue weighted by Crippen LogP contribution is -2.35. The van der Waals surface area contributed by atoms with Gasteiger partial charge in [-0.15, -0.1) is 11.8 Å². The second kappa shape index (κ2) is 9.79. The second-order valence-corrected chi connectivity index (χ2v) is 9.55. The molecule has 3 heterocycles. The molecule has 0 spiro atoms. The average Bonchev–Trinajstić information content (AvgIpc) is 3.29. The average molecular weight is 441 g/mol. The molecular formula is C23H28N4OS2. The fourth-order valence-electron chi connectivity index (χ4n) is 3.49. The Kier molecular flexibility index (Phi) is 6.89. The van der Waals surface area contributed by atoms with Crippen LogP contribution in [-0.2, 0) is 0 Å². The summed E-state index contributed by atoms with van der Waals surface area (Å²) in [5.41, 5.74) is 2.10. The third-order valence-electron chi connectivity index (χ3n) is 5.44. The molecule has 1 aromatic carbocycles. The Hall–Kier alpha value is -2.12. The zero-order valence-corrected chi connectivity index (χ0v) is 19.4. The zero-order valence-electron chi connectivity index (χ0n) is 17.7. The highest BCUT2D eigenvalue weighted by Crippen LogP contribution is 2.27. The number of thioether (sulfide) groups is 1. The lowest BCUT2D eigenvalue weighted by atomic mass is 9.98. The van der Waals surface area contributed by atoms with Gasteiger partial charge in [-0.3, -0.25) is 4.98 Å². The number of benzene rings is 1. The van der Waals surface area contributed by atoms with Crippen LogP contribution in [0.2, 0.25) is 0 Å². The quantitative estimate of drug-likeness (QED) is 0.437. The molecule has 4 rings (SSSR count). The van der Waals surface area contributed by atoms with E-state index in [4.69, 9.17) is 4.74 Å². The van der Waals surface area contributed by atoms with Gasteiger partial charge in [0, 0.05) is 41.0 Å². The van der Waals surface area contributed by atoms with Gasteiger partial charge in [0.25, 0.3) is 0 Å². The number of rotatable bonds is 7. The van der Waals surface area contributed by atoms with Gasteiger partial charge >= 0.3 is 0 Å². The Morgan fingerprint density at radius 2 is 1.90 bits per heavy atom. The van der Waals surface area contributed by atoms with Crippen LogP contribution in [0.25, 0.3) is 11.3 Å². The van der Waals surface area contributed by atoms with E-state index in [1.165, 1.54) is 16.4 Å². The molecule has 0 radical (unpaired) electrons. The minimum absolute atomic E-state index is 0.385. The Morgan fingerprint density at radius 3 is 2.50 bits per heavy atom. The first kappa shape index (κ1) is 21.1. The van der Waals surface area contributed by atoms with Crippen LogP contribution < -0.4 is 9.64 Å². The molecule has 2 aromatic heterocycles. The second-order valence-electron chi connectivity index (χ2n) is 7.94. The fraction of sp³-hybridized carbons (Fsp3) is 0.435. The Labute approximate surface area is 187 Å². The highest BCUT2D eigenvalue weighted by atomic mass is 32.2. The van der Waals surface area contributed by atoms with Crippen molar-refractivity contribution in [2.24, 2.45) is 5.92 Å². The largest absolute Gasteiger partial charge is 0.492 e. The molecule has 0 unspecified atom stereocenters. The number of pyridine rings is 1. The van der Waals surface area contributed by atoms with Crippen LogP contribution in [0.5, 0.6) is 5.75 Å². The number of hydrogen-bond donors (Lipinski definition) is 0. The monoisotopic (exact) mass is 440 g/mol. The molecule has 0 saturated carbocycles. The molecule has 0 N–H and O–H groups in total. The summed E-state index contributed by atoms with van der Waals surface area (Å²) in [7, 11) is 0. The molecule has 0 bridgehead atoms. The van der Waals surface area contributed by atoms with Crippen molar-refractivity contribution in [3.63, 3.8) is 0 Å². The normalized spacial score (nSPS) is 15.0. The van der Waals surface area contributed by atoms with E-state index in [2.05, 4.69) is 63.6 Å². The van der Waals surface area contributed by atoms with Gasteiger partial charge < -0.3 is 9.64 Å². The first-order valence-electron chi connectivity index (χ1n) is 10.4. The van der Waals surface area contributed by atoms with Crippen molar-refractivity contribution in [3.8, 4) is 17.0 Å². The first-order valence-corrected chi connectivity index (χ1v) is 12.4. The molecule has 0 amide bonds. The fourth-order valence-corrected chi connectivity index (χ4v) is 4.76. The van der Waals surface area contributed by atoms with Gasteiger partial charge in [-0.05, 0) is 49.3 Å².